The van der Waals surface area contributed by atoms with E-state index in [2.05, 4.69) is 15.5 Å². The van der Waals surface area contributed by atoms with Crippen molar-refractivity contribution < 1.29 is 22.8 Å². The van der Waals surface area contributed by atoms with E-state index in [0.29, 0.717) is 16.8 Å². The normalized spacial score (nSPS) is 15.7. The standard InChI is InChI=1S/C27H22F2N4O3/c1-16-23(26-31-25(32-36-26)19-10-13-22(35-2)21(29)14-19)24(18-6-4-3-5-7-18)30-27(34)33(16)15-17-8-11-20(28)12-9-17/h3-14,24H,15H2,1-2H3,(H,30,34). The van der Waals surface area contributed by atoms with Crippen LogP contribution in [0.25, 0.3) is 17.0 Å². The molecular formula is C27H22F2N4O3. The minimum atomic E-state index is -0.552. The summed E-state index contributed by atoms with van der Waals surface area (Å²) in [6.07, 6.45) is 0. The highest BCUT2D eigenvalue weighted by Crippen LogP contribution is 2.38. The molecular weight excluding hydrogens is 466 g/mol. The lowest BCUT2D eigenvalue weighted by Crippen LogP contribution is -2.45. The average Bonchev–Trinajstić information content (AvgIpc) is 3.37. The number of nitrogens with one attached hydrogen (secondary N) is 1. The molecule has 0 saturated heterocycles. The third-order valence-electron chi connectivity index (χ3n) is 6.05. The van der Waals surface area contributed by atoms with Crippen LogP contribution in [-0.2, 0) is 6.54 Å². The first kappa shape index (κ1) is 23.2. The molecule has 2 heterocycles. The largest absolute Gasteiger partial charge is 0.494 e. The van der Waals surface area contributed by atoms with Crippen LogP contribution in [0.4, 0.5) is 13.6 Å². The first-order chi connectivity index (χ1) is 17.4. The van der Waals surface area contributed by atoms with Gasteiger partial charge < -0.3 is 14.6 Å². The molecule has 9 heteroatoms. The number of methoxy groups -OCH3 is 1. The van der Waals surface area contributed by atoms with E-state index in [4.69, 9.17) is 9.26 Å². The van der Waals surface area contributed by atoms with Gasteiger partial charge in [-0.15, -0.1) is 0 Å². The van der Waals surface area contributed by atoms with E-state index in [0.717, 1.165) is 11.1 Å². The van der Waals surface area contributed by atoms with Gasteiger partial charge >= 0.3 is 6.03 Å². The molecule has 0 aliphatic carbocycles. The van der Waals surface area contributed by atoms with Gasteiger partial charge in [0.2, 0.25) is 5.82 Å². The van der Waals surface area contributed by atoms with E-state index in [1.54, 1.807) is 30.0 Å². The van der Waals surface area contributed by atoms with Gasteiger partial charge in [0.25, 0.3) is 5.89 Å². The molecule has 1 aromatic heterocycles. The van der Waals surface area contributed by atoms with E-state index in [1.807, 2.05) is 30.3 Å². The number of halogens is 2. The Balaban J connectivity index is 1.57. The molecule has 1 aliphatic rings. The van der Waals surface area contributed by atoms with Crippen LogP contribution in [0, 0.1) is 11.6 Å². The van der Waals surface area contributed by atoms with E-state index >= 15 is 0 Å². The number of urea groups is 1. The van der Waals surface area contributed by atoms with Gasteiger partial charge in [-0.25, -0.2) is 13.6 Å². The summed E-state index contributed by atoms with van der Waals surface area (Å²) in [6.45, 7) is 2.01. The first-order valence-electron chi connectivity index (χ1n) is 11.2. The number of benzene rings is 3. The first-order valence-corrected chi connectivity index (χ1v) is 11.2. The van der Waals surface area contributed by atoms with Gasteiger partial charge in [-0.3, -0.25) is 4.90 Å². The molecule has 0 spiro atoms. The topological polar surface area (TPSA) is 80.5 Å². The summed E-state index contributed by atoms with van der Waals surface area (Å²) in [7, 11) is 1.39. The van der Waals surface area contributed by atoms with Gasteiger partial charge in [-0.1, -0.05) is 47.6 Å². The predicted molar refractivity (Wildman–Crippen MR) is 128 cm³/mol. The number of rotatable bonds is 6. The molecule has 7 nitrogen and oxygen atoms in total. The molecule has 0 radical (unpaired) electrons. The van der Waals surface area contributed by atoms with Crippen LogP contribution in [0.1, 0.15) is 30.0 Å². The number of amides is 2. The molecule has 4 aromatic rings. The summed E-state index contributed by atoms with van der Waals surface area (Å²) >= 11 is 0. The van der Waals surface area contributed by atoms with Crippen molar-refractivity contribution in [1.82, 2.24) is 20.4 Å². The zero-order valence-electron chi connectivity index (χ0n) is 19.5. The summed E-state index contributed by atoms with van der Waals surface area (Å²) < 4.78 is 38.3. The van der Waals surface area contributed by atoms with Crippen molar-refractivity contribution in [3.05, 3.63) is 107 Å². The molecule has 1 N–H and O–H groups in total. The quantitative estimate of drug-likeness (QED) is 0.375. The van der Waals surface area contributed by atoms with E-state index in [9.17, 15) is 13.6 Å². The minimum Gasteiger partial charge on any atom is -0.494 e. The van der Waals surface area contributed by atoms with Crippen LogP contribution < -0.4 is 10.1 Å². The molecule has 0 bridgehead atoms. The molecule has 1 aliphatic heterocycles. The predicted octanol–water partition coefficient (Wildman–Crippen LogP) is 5.72. The van der Waals surface area contributed by atoms with Gasteiger partial charge in [-0.2, -0.15) is 4.98 Å². The fraction of sp³-hybridized carbons (Fsp3) is 0.148. The molecule has 1 unspecified atom stereocenters. The zero-order valence-corrected chi connectivity index (χ0v) is 19.5. The van der Waals surface area contributed by atoms with Crippen molar-refractivity contribution in [2.24, 2.45) is 0 Å². The number of nitrogens with zero attached hydrogens (tertiary/aromatic N) is 3. The lowest BCUT2D eigenvalue weighted by molar-refractivity contribution is 0.203. The Kier molecular flexibility index (Phi) is 6.20. The summed E-state index contributed by atoms with van der Waals surface area (Å²) in [5, 5.41) is 7.08. The third kappa shape index (κ3) is 4.43. The lowest BCUT2D eigenvalue weighted by Gasteiger charge is -2.35. The second kappa shape index (κ2) is 9.61. The zero-order chi connectivity index (χ0) is 25.2. The van der Waals surface area contributed by atoms with E-state index in [1.165, 1.54) is 31.4 Å². The Morgan fingerprint density at radius 3 is 2.50 bits per heavy atom. The summed E-state index contributed by atoms with van der Waals surface area (Å²) in [5.74, 6) is -0.407. The van der Waals surface area contributed by atoms with Gasteiger partial charge in [0.15, 0.2) is 11.6 Å². The Bertz CT molecular complexity index is 1440. The van der Waals surface area contributed by atoms with Crippen LogP contribution in [-0.4, -0.2) is 28.2 Å². The minimum absolute atomic E-state index is 0.108. The molecule has 3 aromatic carbocycles. The van der Waals surface area contributed by atoms with Crippen molar-refractivity contribution in [2.75, 3.05) is 7.11 Å². The number of aromatic nitrogens is 2. The molecule has 5 rings (SSSR count). The number of hydrogen-bond acceptors (Lipinski definition) is 5. The van der Waals surface area contributed by atoms with E-state index in [-0.39, 0.29) is 35.9 Å². The maximum absolute atomic E-state index is 14.3. The van der Waals surface area contributed by atoms with Crippen LogP contribution in [0.5, 0.6) is 5.75 Å². The third-order valence-corrected chi connectivity index (χ3v) is 6.05. The highest BCUT2D eigenvalue weighted by molar-refractivity contribution is 5.86. The Hall–Kier alpha value is -4.53. The SMILES string of the molecule is COc1ccc(-c2noc(C3=C(C)N(Cc4ccc(F)cc4)C(=O)NC3c3ccccc3)n2)cc1F. The van der Waals surface area contributed by atoms with Crippen molar-refractivity contribution in [3.8, 4) is 17.1 Å². The van der Waals surface area contributed by atoms with Crippen molar-refractivity contribution in [3.63, 3.8) is 0 Å². The van der Waals surface area contributed by atoms with Crippen LogP contribution in [0.3, 0.4) is 0 Å². The van der Waals surface area contributed by atoms with Crippen LogP contribution in [0.2, 0.25) is 0 Å². The molecule has 1 atom stereocenters. The maximum atomic E-state index is 14.3. The Morgan fingerprint density at radius 1 is 1.06 bits per heavy atom. The second-order valence-corrected chi connectivity index (χ2v) is 8.28. The van der Waals surface area contributed by atoms with Gasteiger partial charge in [0, 0.05) is 11.3 Å². The summed E-state index contributed by atoms with van der Waals surface area (Å²) in [6, 6.07) is 18.9. The number of allylic oxidation sites excluding steroid dienone is 1. The fourth-order valence-electron chi connectivity index (χ4n) is 4.17. The van der Waals surface area contributed by atoms with E-state index < -0.39 is 11.9 Å². The Labute approximate surface area is 206 Å². The molecule has 0 saturated carbocycles. The van der Waals surface area contributed by atoms with Crippen molar-refractivity contribution in [1.29, 1.82) is 0 Å². The number of carbonyl (C=O) groups excluding carboxylic acids is 1. The van der Waals surface area contributed by atoms with Gasteiger partial charge in [-0.05, 0) is 48.4 Å². The molecule has 0 fully saturated rings. The smallest absolute Gasteiger partial charge is 0.322 e. The highest BCUT2D eigenvalue weighted by Gasteiger charge is 2.35. The maximum Gasteiger partial charge on any atom is 0.322 e. The van der Waals surface area contributed by atoms with Gasteiger partial charge in [0.05, 0.1) is 25.3 Å². The molecule has 36 heavy (non-hydrogen) atoms. The van der Waals surface area contributed by atoms with Crippen LogP contribution >= 0.6 is 0 Å². The number of carbonyl (C=O) groups is 1. The average molecular weight is 488 g/mol. The van der Waals surface area contributed by atoms with Gasteiger partial charge in [0.1, 0.15) is 5.82 Å². The summed E-state index contributed by atoms with van der Waals surface area (Å²) in [4.78, 5) is 19.2. The Morgan fingerprint density at radius 2 is 1.81 bits per heavy atom. The fourth-order valence-corrected chi connectivity index (χ4v) is 4.17. The number of ether oxygens (including phenoxy) is 1. The van der Waals surface area contributed by atoms with Crippen molar-refractivity contribution in [2.45, 2.75) is 19.5 Å². The lowest BCUT2D eigenvalue weighted by atomic mass is 9.94. The molecule has 2 amide bonds. The second-order valence-electron chi connectivity index (χ2n) is 8.28. The molecule has 182 valence electrons. The summed E-state index contributed by atoms with van der Waals surface area (Å²) in [5.41, 5.74) is 3.21. The highest BCUT2D eigenvalue weighted by atomic mass is 19.1. The number of hydrogen-bond donors (Lipinski definition) is 1. The monoisotopic (exact) mass is 488 g/mol. The van der Waals surface area contributed by atoms with Crippen LogP contribution in [0.15, 0.2) is 83.0 Å². The van der Waals surface area contributed by atoms with Crippen molar-refractivity contribution >= 4 is 11.6 Å².